The van der Waals surface area contributed by atoms with E-state index in [4.69, 9.17) is 9.97 Å². The molecular weight excluding hydrogens is 556 g/mol. The van der Waals surface area contributed by atoms with E-state index in [2.05, 4.69) is 178 Å². The monoisotopic (exact) mass is 592 g/mol. The number of hydrogen-bond acceptors (Lipinski definition) is 2. The van der Waals surface area contributed by atoms with E-state index in [1.165, 1.54) is 27.8 Å². The van der Waals surface area contributed by atoms with Gasteiger partial charge in [0.1, 0.15) is 5.82 Å². The largest absolute Gasteiger partial charge is 0.233 e. The lowest BCUT2D eigenvalue weighted by atomic mass is 9.88. The molecule has 7 rings (SSSR count). The van der Waals surface area contributed by atoms with Gasteiger partial charge in [-0.15, -0.1) is 0 Å². The highest BCUT2D eigenvalue weighted by molar-refractivity contribution is 5.85. The van der Waals surface area contributed by atoms with Crippen molar-refractivity contribution in [2.75, 3.05) is 0 Å². The van der Waals surface area contributed by atoms with Crippen LogP contribution in [0.4, 0.5) is 0 Å². The van der Waals surface area contributed by atoms with E-state index in [0.29, 0.717) is 0 Å². The third-order valence-corrected chi connectivity index (χ3v) is 8.39. The number of aromatic nitrogens is 2. The molecule has 0 spiro atoms. The van der Waals surface area contributed by atoms with Crippen LogP contribution in [0.5, 0.6) is 0 Å². The number of hydrogen-bond donors (Lipinski definition) is 0. The fraction of sp³-hybridized carbons (Fsp3) is 0.0909. The standard InChI is InChI=1S/C44H36N2/c1-31-45-42(40-25-36(32-15-7-4-8-16-32)23-37(26-40)33-17-9-5-10-18-33)29-43(46-31)41-27-38(34-19-11-6-12-20-34)24-39(28-41)35-21-13-14-22-44(2,3)30-35/h4-30H,1-3H3. The Bertz CT molecular complexity index is 2040. The molecule has 46 heavy (non-hydrogen) atoms. The van der Waals surface area contributed by atoms with Gasteiger partial charge in [-0.25, -0.2) is 9.97 Å². The Kier molecular flexibility index (Phi) is 7.86. The second-order valence-electron chi connectivity index (χ2n) is 12.5. The molecule has 5 aromatic carbocycles. The van der Waals surface area contributed by atoms with Gasteiger partial charge >= 0.3 is 0 Å². The number of nitrogens with zero attached hydrogens (tertiary/aromatic N) is 2. The van der Waals surface area contributed by atoms with Crippen molar-refractivity contribution >= 4 is 5.57 Å². The zero-order chi connectivity index (χ0) is 31.5. The molecule has 0 radical (unpaired) electrons. The normalized spacial score (nSPS) is 13.7. The molecule has 1 aliphatic rings. The first-order valence-corrected chi connectivity index (χ1v) is 15.8. The fourth-order valence-corrected chi connectivity index (χ4v) is 6.11. The maximum Gasteiger partial charge on any atom is 0.126 e. The SMILES string of the molecule is Cc1nc(-c2cc(C3=CC(C)(C)C=CC=C3)cc(-c3ccccc3)c2)cc(-c2cc(-c3ccccc3)cc(-c3ccccc3)c2)n1. The maximum absolute atomic E-state index is 5.00. The molecule has 0 unspecified atom stereocenters. The summed E-state index contributed by atoms with van der Waals surface area (Å²) in [5, 5.41) is 0. The Labute approximate surface area is 272 Å². The lowest BCUT2D eigenvalue weighted by Crippen LogP contribution is -2.02. The van der Waals surface area contributed by atoms with Gasteiger partial charge in [0.15, 0.2) is 0 Å². The minimum absolute atomic E-state index is 0.0549. The van der Waals surface area contributed by atoms with Crippen LogP contribution in [0.3, 0.4) is 0 Å². The summed E-state index contributed by atoms with van der Waals surface area (Å²) in [4.78, 5) is 9.98. The first-order valence-electron chi connectivity index (χ1n) is 15.8. The van der Waals surface area contributed by atoms with Crippen molar-refractivity contribution in [3.05, 3.63) is 175 Å². The molecule has 0 N–H and O–H groups in total. The lowest BCUT2D eigenvalue weighted by Gasteiger charge is -2.17. The molecule has 0 atom stereocenters. The van der Waals surface area contributed by atoms with Crippen LogP contribution in [0.1, 0.15) is 25.2 Å². The predicted molar refractivity (Wildman–Crippen MR) is 194 cm³/mol. The van der Waals surface area contributed by atoms with Crippen molar-refractivity contribution in [1.29, 1.82) is 0 Å². The molecule has 2 nitrogen and oxygen atoms in total. The quantitative estimate of drug-likeness (QED) is 0.192. The first kappa shape index (κ1) is 29.1. The van der Waals surface area contributed by atoms with Crippen molar-refractivity contribution in [2.24, 2.45) is 5.41 Å². The fourth-order valence-electron chi connectivity index (χ4n) is 6.11. The molecule has 0 saturated carbocycles. The Morgan fingerprint density at radius 3 is 1.33 bits per heavy atom. The maximum atomic E-state index is 5.00. The molecule has 1 aromatic heterocycles. The molecule has 0 saturated heterocycles. The number of aryl methyl sites for hydroxylation is 1. The Balaban J connectivity index is 1.40. The smallest absolute Gasteiger partial charge is 0.126 e. The van der Waals surface area contributed by atoms with E-state index < -0.39 is 0 Å². The van der Waals surface area contributed by atoms with Crippen molar-refractivity contribution in [1.82, 2.24) is 9.97 Å². The Hall–Kier alpha value is -5.60. The van der Waals surface area contributed by atoms with Gasteiger partial charge in [0.25, 0.3) is 0 Å². The van der Waals surface area contributed by atoms with Gasteiger partial charge in [0.05, 0.1) is 11.4 Å². The average Bonchev–Trinajstić information content (AvgIpc) is 3.29. The Morgan fingerprint density at radius 1 is 0.435 bits per heavy atom. The molecule has 0 amide bonds. The van der Waals surface area contributed by atoms with Crippen LogP contribution >= 0.6 is 0 Å². The van der Waals surface area contributed by atoms with Crippen LogP contribution in [0.2, 0.25) is 0 Å². The summed E-state index contributed by atoms with van der Waals surface area (Å²) in [6.07, 6.45) is 11.1. The van der Waals surface area contributed by atoms with E-state index in [1.54, 1.807) is 0 Å². The van der Waals surface area contributed by atoms with E-state index >= 15 is 0 Å². The van der Waals surface area contributed by atoms with Gasteiger partial charge in [0, 0.05) is 16.5 Å². The highest BCUT2D eigenvalue weighted by Gasteiger charge is 2.17. The molecule has 2 heteroatoms. The number of allylic oxidation sites excluding steroid dienone is 6. The summed E-state index contributed by atoms with van der Waals surface area (Å²) in [6, 6.07) is 47.4. The molecule has 1 aliphatic carbocycles. The van der Waals surface area contributed by atoms with Gasteiger partial charge in [-0.1, -0.05) is 135 Å². The minimum Gasteiger partial charge on any atom is -0.233 e. The van der Waals surface area contributed by atoms with Crippen molar-refractivity contribution in [3.8, 4) is 55.9 Å². The summed E-state index contributed by atoms with van der Waals surface area (Å²) in [5.74, 6) is 0.740. The molecule has 1 heterocycles. The second-order valence-corrected chi connectivity index (χ2v) is 12.5. The van der Waals surface area contributed by atoms with Gasteiger partial charge < -0.3 is 0 Å². The van der Waals surface area contributed by atoms with E-state index in [-0.39, 0.29) is 5.41 Å². The molecule has 222 valence electrons. The molecule has 0 bridgehead atoms. The van der Waals surface area contributed by atoms with Crippen molar-refractivity contribution < 1.29 is 0 Å². The van der Waals surface area contributed by atoms with Crippen LogP contribution in [0.15, 0.2) is 164 Å². The predicted octanol–water partition coefficient (Wildman–Crippen LogP) is 11.7. The van der Waals surface area contributed by atoms with Crippen molar-refractivity contribution in [3.63, 3.8) is 0 Å². The van der Waals surface area contributed by atoms with Crippen molar-refractivity contribution in [2.45, 2.75) is 20.8 Å². The van der Waals surface area contributed by atoms with E-state index in [0.717, 1.165) is 45.0 Å². The van der Waals surface area contributed by atoms with Gasteiger partial charge in [-0.3, -0.25) is 0 Å². The van der Waals surface area contributed by atoms with Gasteiger partial charge in [-0.2, -0.15) is 0 Å². The van der Waals surface area contributed by atoms with Gasteiger partial charge in [0.2, 0.25) is 0 Å². The van der Waals surface area contributed by atoms with E-state index in [1.807, 2.05) is 6.92 Å². The molecule has 6 aromatic rings. The number of rotatable bonds is 6. The highest BCUT2D eigenvalue weighted by atomic mass is 14.9. The first-order chi connectivity index (χ1) is 22.4. The van der Waals surface area contributed by atoms with E-state index in [9.17, 15) is 0 Å². The third kappa shape index (κ3) is 6.43. The zero-order valence-corrected chi connectivity index (χ0v) is 26.5. The summed E-state index contributed by atoms with van der Waals surface area (Å²) >= 11 is 0. The summed E-state index contributed by atoms with van der Waals surface area (Å²) in [6.45, 7) is 6.47. The van der Waals surface area contributed by atoms with Crippen LogP contribution in [-0.2, 0) is 0 Å². The zero-order valence-electron chi connectivity index (χ0n) is 26.5. The van der Waals surface area contributed by atoms with Crippen LogP contribution in [0.25, 0.3) is 61.5 Å². The summed E-state index contributed by atoms with van der Waals surface area (Å²) in [7, 11) is 0. The molecule has 0 aliphatic heterocycles. The Morgan fingerprint density at radius 2 is 0.848 bits per heavy atom. The average molecular weight is 593 g/mol. The summed E-state index contributed by atoms with van der Waals surface area (Å²) in [5.41, 5.74) is 13.3. The van der Waals surface area contributed by atoms with Crippen LogP contribution < -0.4 is 0 Å². The summed E-state index contributed by atoms with van der Waals surface area (Å²) < 4.78 is 0. The third-order valence-electron chi connectivity index (χ3n) is 8.39. The van der Waals surface area contributed by atoms with Gasteiger partial charge in [-0.05, 0) is 93.9 Å². The number of benzene rings is 5. The lowest BCUT2D eigenvalue weighted by molar-refractivity contribution is 0.629. The van der Waals surface area contributed by atoms with Crippen LogP contribution in [-0.4, -0.2) is 9.97 Å². The second kappa shape index (κ2) is 12.4. The van der Waals surface area contributed by atoms with Crippen LogP contribution in [0, 0.1) is 12.3 Å². The topological polar surface area (TPSA) is 25.8 Å². The highest BCUT2D eigenvalue weighted by Crippen LogP contribution is 2.37. The molecule has 0 fully saturated rings. The molecular formula is C44H36N2. The minimum atomic E-state index is -0.0549.